The minimum absolute atomic E-state index is 0.0559. The van der Waals surface area contributed by atoms with Gasteiger partial charge in [0.25, 0.3) is 10.0 Å². The fraction of sp³-hybridized carbons (Fsp3) is 0.417. The summed E-state index contributed by atoms with van der Waals surface area (Å²) in [4.78, 5) is 14.1. The maximum absolute atomic E-state index is 13.0. The number of fused-ring (bicyclic) bond motifs is 1. The molecule has 0 bridgehead atoms. The summed E-state index contributed by atoms with van der Waals surface area (Å²) >= 11 is 3.45. The Hall–Kier alpha value is -2.29. The number of aromatic amines is 1. The van der Waals surface area contributed by atoms with Crippen LogP contribution < -0.4 is 9.46 Å². The molecule has 1 aromatic carbocycles. The lowest BCUT2D eigenvalue weighted by atomic mass is 10.2. The summed E-state index contributed by atoms with van der Waals surface area (Å²) in [5.74, 6) is 2.55. The topological polar surface area (TPSA) is 129 Å². The van der Waals surface area contributed by atoms with Crippen LogP contribution in [0.4, 0.5) is 5.69 Å². The van der Waals surface area contributed by atoms with Gasteiger partial charge in [-0.05, 0) is 24.3 Å². The number of methoxy groups -OCH3 is 1. The van der Waals surface area contributed by atoms with Crippen LogP contribution >= 0.6 is 23.5 Å². The Morgan fingerprint density at radius 1 is 1.24 bits per heavy atom. The number of aliphatic imine (C=N–C) groups is 1. The first-order valence-corrected chi connectivity index (χ1v) is 15.4. The summed E-state index contributed by atoms with van der Waals surface area (Å²) in [5.41, 5.74) is 1.71. The molecular weight excluding hydrogens is 534 g/mol. The van der Waals surface area contributed by atoms with Gasteiger partial charge in [0.05, 0.1) is 35.3 Å². The van der Waals surface area contributed by atoms with Crippen LogP contribution in [0.5, 0.6) is 5.75 Å². The fourth-order valence-corrected chi connectivity index (χ4v) is 7.27. The van der Waals surface area contributed by atoms with Crippen molar-refractivity contribution in [3.8, 4) is 5.75 Å². The summed E-state index contributed by atoms with van der Waals surface area (Å²) in [6.45, 7) is 2.98. The number of nitrogens with zero attached hydrogens (tertiary/aromatic N) is 3. The third-order valence-electron chi connectivity index (χ3n) is 6.08. The van der Waals surface area contributed by atoms with Gasteiger partial charge in [0, 0.05) is 49.4 Å². The van der Waals surface area contributed by atoms with Gasteiger partial charge in [-0.1, -0.05) is 17.8 Å². The van der Waals surface area contributed by atoms with Crippen molar-refractivity contribution in [2.24, 2.45) is 4.99 Å². The van der Waals surface area contributed by atoms with Crippen LogP contribution in [0, 0.1) is 0 Å². The van der Waals surface area contributed by atoms with Crippen LogP contribution in [-0.4, -0.2) is 96.4 Å². The van der Waals surface area contributed by atoms with Crippen LogP contribution in [0.15, 0.2) is 52.6 Å². The molecule has 37 heavy (non-hydrogen) atoms. The lowest BCUT2D eigenvalue weighted by molar-refractivity contribution is 0.0117. The number of hydrogen-bond donors (Lipinski definition) is 3. The number of aromatic nitrogens is 2. The smallest absolute Gasteiger partial charge is 0.279 e. The van der Waals surface area contributed by atoms with Crippen molar-refractivity contribution >= 4 is 55.2 Å². The first kappa shape index (κ1) is 26.3. The van der Waals surface area contributed by atoms with E-state index in [0.717, 1.165) is 40.7 Å². The molecule has 2 unspecified atom stereocenters. The highest BCUT2D eigenvalue weighted by Crippen LogP contribution is 2.35. The molecule has 2 aromatic heterocycles. The zero-order chi connectivity index (χ0) is 25.8. The molecule has 2 aliphatic rings. The number of rotatable bonds is 10. The quantitative estimate of drug-likeness (QED) is 0.319. The van der Waals surface area contributed by atoms with E-state index in [1.807, 2.05) is 23.9 Å². The van der Waals surface area contributed by atoms with Crippen LogP contribution in [0.2, 0.25) is 0 Å². The van der Waals surface area contributed by atoms with Crippen molar-refractivity contribution in [2.45, 2.75) is 16.5 Å². The zero-order valence-electron chi connectivity index (χ0n) is 20.3. The Balaban J connectivity index is 1.42. The highest BCUT2D eigenvalue weighted by Gasteiger charge is 2.32. The molecule has 4 heterocycles. The van der Waals surface area contributed by atoms with Crippen molar-refractivity contribution < 1.29 is 23.0 Å². The lowest BCUT2D eigenvalue weighted by Gasteiger charge is -2.33. The highest BCUT2D eigenvalue weighted by molar-refractivity contribution is 8.15. The van der Waals surface area contributed by atoms with Gasteiger partial charge in [-0.2, -0.15) is 20.2 Å². The molecule has 3 N–H and O–H groups in total. The van der Waals surface area contributed by atoms with Crippen molar-refractivity contribution in [3.63, 3.8) is 0 Å². The Kier molecular flexibility index (Phi) is 8.27. The van der Waals surface area contributed by atoms with Crippen LogP contribution in [0.3, 0.4) is 0 Å². The molecule has 3 aromatic rings. The fourth-order valence-electron chi connectivity index (χ4n) is 4.21. The summed E-state index contributed by atoms with van der Waals surface area (Å²) < 4.78 is 39.6. The second-order valence-corrected chi connectivity index (χ2v) is 12.7. The molecule has 0 spiro atoms. The molecule has 1 fully saturated rings. The molecule has 2 aliphatic heterocycles. The molecule has 2 atom stereocenters. The lowest BCUT2D eigenvalue weighted by Crippen LogP contribution is -2.46. The first-order chi connectivity index (χ1) is 17.9. The Morgan fingerprint density at radius 3 is 2.84 bits per heavy atom. The van der Waals surface area contributed by atoms with Crippen molar-refractivity contribution in [2.75, 3.05) is 56.2 Å². The zero-order valence-corrected chi connectivity index (χ0v) is 22.7. The molecule has 5 rings (SSSR count). The summed E-state index contributed by atoms with van der Waals surface area (Å²) in [5, 5.41) is 12.3. The first-order valence-electron chi connectivity index (χ1n) is 11.9. The average molecular weight is 564 g/mol. The SMILES string of the molecule is COCCOc1cc(NS(=O)(=O)c2ccccn2)c2[nH]c(C3=NCC(C(O)N4CCSCC4)S3)cc2c1. The highest BCUT2D eigenvalue weighted by atomic mass is 32.2. The molecule has 1 saturated heterocycles. The van der Waals surface area contributed by atoms with E-state index in [9.17, 15) is 13.5 Å². The van der Waals surface area contributed by atoms with Crippen LogP contribution in [0.1, 0.15) is 5.69 Å². The van der Waals surface area contributed by atoms with Crippen molar-refractivity contribution in [1.82, 2.24) is 14.9 Å². The number of anilines is 1. The van der Waals surface area contributed by atoms with E-state index in [-0.39, 0.29) is 10.3 Å². The van der Waals surface area contributed by atoms with Gasteiger partial charge < -0.3 is 19.6 Å². The number of H-pyrrole nitrogens is 1. The van der Waals surface area contributed by atoms with E-state index in [2.05, 4.69) is 19.6 Å². The van der Waals surface area contributed by atoms with E-state index in [0.29, 0.717) is 36.7 Å². The van der Waals surface area contributed by atoms with Crippen LogP contribution in [-0.2, 0) is 14.8 Å². The Morgan fingerprint density at radius 2 is 2.08 bits per heavy atom. The molecule has 0 aliphatic carbocycles. The third-order valence-corrected chi connectivity index (χ3v) is 9.57. The minimum atomic E-state index is -3.93. The average Bonchev–Trinajstić information content (AvgIpc) is 3.57. The normalized spacial score (nSPS) is 19.6. The van der Waals surface area contributed by atoms with Gasteiger partial charge >= 0.3 is 0 Å². The van der Waals surface area contributed by atoms with E-state index >= 15 is 0 Å². The molecule has 0 amide bonds. The molecule has 198 valence electrons. The number of pyridine rings is 1. The number of aliphatic hydroxyl groups is 1. The maximum Gasteiger partial charge on any atom is 0.279 e. The molecule has 0 radical (unpaired) electrons. The number of aliphatic hydroxyl groups excluding tert-OH is 1. The number of nitrogens with one attached hydrogen (secondary N) is 2. The second kappa shape index (κ2) is 11.6. The predicted molar refractivity (Wildman–Crippen MR) is 148 cm³/mol. The summed E-state index contributed by atoms with van der Waals surface area (Å²) in [6, 6.07) is 10.1. The van der Waals surface area contributed by atoms with Gasteiger partial charge in [-0.15, -0.1) is 0 Å². The molecule has 0 saturated carbocycles. The standard InChI is InChI=1S/C24H29N5O5S3/c1-33-8-9-34-17-12-16-13-19(23-26-15-20(36-23)24(30)29-6-10-35-11-7-29)27-22(16)18(14-17)28-37(31,32)21-4-2-3-5-25-21/h2-5,12-14,20,24,27-28,30H,6-11,15H2,1H3. The van der Waals surface area contributed by atoms with Crippen LogP contribution in [0.25, 0.3) is 10.9 Å². The Labute approximate surface area is 224 Å². The summed E-state index contributed by atoms with van der Waals surface area (Å²) in [6.07, 6.45) is 0.877. The largest absolute Gasteiger partial charge is 0.491 e. The van der Waals surface area contributed by atoms with E-state index < -0.39 is 16.3 Å². The minimum Gasteiger partial charge on any atom is -0.491 e. The number of sulfonamides is 1. The molecule has 10 nitrogen and oxygen atoms in total. The third kappa shape index (κ3) is 6.07. The Bertz CT molecular complexity index is 1360. The molecular formula is C24H29N5O5S3. The van der Waals surface area contributed by atoms with Gasteiger partial charge in [0.1, 0.15) is 23.6 Å². The van der Waals surface area contributed by atoms with E-state index in [4.69, 9.17) is 14.5 Å². The number of hydrogen-bond acceptors (Lipinski definition) is 10. The monoisotopic (exact) mass is 563 g/mol. The van der Waals surface area contributed by atoms with Gasteiger partial charge in [-0.25, -0.2) is 4.98 Å². The number of benzene rings is 1. The number of ether oxygens (including phenoxy) is 2. The predicted octanol–water partition coefficient (Wildman–Crippen LogP) is 2.62. The second-order valence-electron chi connectivity index (χ2n) is 8.60. The van der Waals surface area contributed by atoms with Gasteiger partial charge in [0.2, 0.25) is 0 Å². The van der Waals surface area contributed by atoms with Crippen molar-refractivity contribution in [3.05, 3.63) is 48.3 Å². The van der Waals surface area contributed by atoms with Gasteiger partial charge in [0.15, 0.2) is 5.03 Å². The molecule has 13 heteroatoms. The summed E-state index contributed by atoms with van der Waals surface area (Å²) in [7, 11) is -2.34. The van der Waals surface area contributed by atoms with Crippen molar-refractivity contribution in [1.29, 1.82) is 0 Å². The van der Waals surface area contributed by atoms with E-state index in [1.165, 1.54) is 12.3 Å². The number of thioether (sulfide) groups is 2. The van der Waals surface area contributed by atoms with E-state index in [1.54, 1.807) is 37.1 Å². The maximum atomic E-state index is 13.0. The van der Waals surface area contributed by atoms with Gasteiger partial charge in [-0.3, -0.25) is 14.6 Å².